The molecule has 0 aliphatic rings. The highest BCUT2D eigenvalue weighted by atomic mass is 16.5. The average molecular weight is 599 g/mol. The highest BCUT2D eigenvalue weighted by molar-refractivity contribution is 5.86. The van der Waals surface area contributed by atoms with Crippen LogP contribution in [0.3, 0.4) is 0 Å². The van der Waals surface area contributed by atoms with E-state index >= 15 is 0 Å². The number of hydrogen-bond acceptors (Lipinski definition) is 7. The zero-order valence-electron chi connectivity index (χ0n) is 26.3. The molecule has 9 heteroatoms. The van der Waals surface area contributed by atoms with Crippen molar-refractivity contribution in [3.05, 3.63) is 138 Å². The van der Waals surface area contributed by atoms with E-state index in [9.17, 15) is 14.4 Å². The summed E-state index contributed by atoms with van der Waals surface area (Å²) in [5.74, 6) is -2.25. The van der Waals surface area contributed by atoms with Crippen molar-refractivity contribution < 1.29 is 34.1 Å². The topological polar surface area (TPSA) is 158 Å². The van der Waals surface area contributed by atoms with Gasteiger partial charge in [-0.05, 0) is 27.2 Å². The number of esters is 1. The molecule has 0 rings (SSSR count). The lowest BCUT2D eigenvalue weighted by atomic mass is 10.3. The molecule has 238 valence electrons. The minimum atomic E-state index is -0.981. The van der Waals surface area contributed by atoms with Gasteiger partial charge in [-0.15, -0.1) is 0 Å². The van der Waals surface area contributed by atoms with Crippen LogP contribution >= 0.6 is 0 Å². The molecule has 0 fully saturated rings. The molecular weight excluding hydrogens is 548 g/mol. The van der Waals surface area contributed by atoms with Gasteiger partial charge < -0.3 is 19.7 Å². The second-order valence-electron chi connectivity index (χ2n) is 6.57. The highest BCUT2D eigenvalue weighted by Gasteiger charge is 2.00. The molecule has 2 N–H and O–H groups in total. The first-order chi connectivity index (χ1) is 20.0. The first-order valence-electron chi connectivity index (χ1n) is 12.0. The summed E-state index contributed by atoms with van der Waals surface area (Å²) in [6, 6.07) is 3.53. The number of aliphatic carboxylic acids is 2. The number of hydrogen-bond donors (Lipinski definition) is 2. The van der Waals surface area contributed by atoms with Crippen LogP contribution in [0, 0.1) is 22.7 Å². The van der Waals surface area contributed by atoms with E-state index in [2.05, 4.69) is 84.0 Å². The van der Waals surface area contributed by atoms with Gasteiger partial charge in [-0.3, -0.25) is 0 Å². The first kappa shape index (κ1) is 57.3. The van der Waals surface area contributed by atoms with Crippen LogP contribution in [0.5, 0.6) is 0 Å². The Bertz CT molecular complexity index is 890. The summed E-state index contributed by atoms with van der Waals surface area (Å²) in [7, 11) is 0. The van der Waals surface area contributed by atoms with E-state index in [0.717, 1.165) is 30.6 Å². The minimum Gasteiger partial charge on any atom is -0.478 e. The Labute approximate surface area is 259 Å². The standard InChI is InChI=1S/C8H14O2.C5H8.C4H5N.C4H6O.C4H6.C3H3N.2C3H4O2/c1-4-5-6-10-8(9)7(2)3;1-4-5(2)3;1-4(2)3-5;1-3-5-4-2;1-3-4-2;1-2-3-4;2*1-2-3(4)5/h2,4-6H2,1,3H3;4H,1-2H2,3H3;1H2,2H3;3-4H,1-2H2;3-4H,1-2H2;2H,1H2;2*2H,1H2,(H,4,5). The van der Waals surface area contributed by atoms with Gasteiger partial charge in [-0.25, -0.2) is 14.4 Å². The van der Waals surface area contributed by atoms with Crippen molar-refractivity contribution in [2.45, 2.75) is 40.5 Å². The van der Waals surface area contributed by atoms with E-state index in [-0.39, 0.29) is 5.97 Å². The summed E-state index contributed by atoms with van der Waals surface area (Å²) in [4.78, 5) is 29.2. The third-order valence-electron chi connectivity index (χ3n) is 2.42. The number of allylic oxidation sites excluding steroid dienone is 6. The maximum absolute atomic E-state index is 10.7. The van der Waals surface area contributed by atoms with E-state index in [0.29, 0.717) is 17.8 Å². The number of carboxylic acids is 2. The number of ether oxygens (including phenoxy) is 2. The molecule has 0 aliphatic carbocycles. The lowest BCUT2D eigenvalue weighted by Gasteiger charge is -2.01. The Balaban J connectivity index is -0.0000000556. The zero-order valence-corrected chi connectivity index (χ0v) is 26.3. The van der Waals surface area contributed by atoms with Gasteiger partial charge in [0.2, 0.25) is 0 Å². The van der Waals surface area contributed by atoms with Gasteiger partial charge in [0.05, 0.1) is 31.3 Å². The molecule has 0 radical (unpaired) electrons. The third kappa shape index (κ3) is 182. The Morgan fingerprint density at radius 1 is 0.767 bits per heavy atom. The lowest BCUT2D eigenvalue weighted by Crippen LogP contribution is -2.05. The van der Waals surface area contributed by atoms with Crippen molar-refractivity contribution in [1.29, 1.82) is 10.5 Å². The Morgan fingerprint density at radius 3 is 1.16 bits per heavy atom. The number of rotatable bonds is 10. The largest absolute Gasteiger partial charge is 0.478 e. The molecule has 0 aromatic rings. The molecule has 0 heterocycles. The fourth-order valence-corrected chi connectivity index (χ4v) is 0.500. The van der Waals surface area contributed by atoms with Crippen molar-refractivity contribution in [3.8, 4) is 12.1 Å². The van der Waals surface area contributed by atoms with Gasteiger partial charge in [0, 0.05) is 29.4 Å². The van der Waals surface area contributed by atoms with Crippen molar-refractivity contribution in [1.82, 2.24) is 0 Å². The van der Waals surface area contributed by atoms with Crippen LogP contribution in [0.2, 0.25) is 0 Å². The second kappa shape index (κ2) is 60.7. The van der Waals surface area contributed by atoms with Crippen molar-refractivity contribution in [2.24, 2.45) is 0 Å². The summed E-state index contributed by atoms with van der Waals surface area (Å²) < 4.78 is 9.17. The van der Waals surface area contributed by atoms with Crippen molar-refractivity contribution >= 4 is 17.9 Å². The molecule has 0 saturated carbocycles. The number of carbonyl (C=O) groups is 3. The van der Waals surface area contributed by atoms with Crippen LogP contribution in [0.15, 0.2) is 138 Å². The molecule has 0 spiro atoms. The predicted molar refractivity (Wildman–Crippen MR) is 179 cm³/mol. The van der Waals surface area contributed by atoms with Gasteiger partial charge in [0.25, 0.3) is 0 Å². The van der Waals surface area contributed by atoms with Gasteiger partial charge >= 0.3 is 17.9 Å². The highest BCUT2D eigenvalue weighted by Crippen LogP contribution is 1.94. The average Bonchev–Trinajstić information content (AvgIpc) is 2.99. The van der Waals surface area contributed by atoms with Crippen molar-refractivity contribution in [3.63, 3.8) is 0 Å². The Morgan fingerprint density at radius 2 is 1.07 bits per heavy atom. The van der Waals surface area contributed by atoms with Gasteiger partial charge in [-0.1, -0.05) is 110 Å². The molecule has 43 heavy (non-hydrogen) atoms. The molecular formula is C34H50N2O7. The van der Waals surface area contributed by atoms with Gasteiger partial charge in [0.1, 0.15) is 0 Å². The van der Waals surface area contributed by atoms with Crippen LogP contribution in [0.1, 0.15) is 40.5 Å². The monoisotopic (exact) mass is 598 g/mol. The fourth-order valence-electron chi connectivity index (χ4n) is 0.500. The number of nitrogens with zero attached hydrogens (tertiary/aromatic N) is 2. The smallest absolute Gasteiger partial charge is 0.333 e. The fraction of sp³-hybridized carbons (Fsp3) is 0.206. The molecule has 0 unspecified atom stereocenters. The van der Waals surface area contributed by atoms with E-state index in [1.807, 2.05) is 13.0 Å². The molecule has 0 amide bonds. The normalized spacial score (nSPS) is 6.47. The molecule has 0 aliphatic heterocycles. The molecule has 0 aromatic heterocycles. The quantitative estimate of drug-likeness (QED) is 0.0627. The van der Waals surface area contributed by atoms with E-state index in [1.54, 1.807) is 38.1 Å². The molecule has 0 bridgehead atoms. The SMILES string of the molecule is C=C(C)C#N.C=C(C)C(=O)OCCCC.C=CC#N.C=CC(=C)C.C=CC(=O)O.C=CC(=O)O.C=CC=C.C=COC=C. The van der Waals surface area contributed by atoms with Crippen LogP contribution in [-0.4, -0.2) is 34.7 Å². The van der Waals surface area contributed by atoms with Crippen LogP contribution in [0.4, 0.5) is 0 Å². The Hall–Kier alpha value is -5.67. The van der Waals surface area contributed by atoms with Crippen LogP contribution in [0.25, 0.3) is 0 Å². The summed E-state index contributed by atoms with van der Waals surface area (Å²) in [5.41, 5.74) is 2.05. The number of unbranched alkanes of at least 4 members (excludes halogenated alkanes) is 1. The van der Waals surface area contributed by atoms with E-state index in [4.69, 9.17) is 25.5 Å². The molecule has 0 aromatic carbocycles. The van der Waals surface area contributed by atoms with Crippen molar-refractivity contribution in [2.75, 3.05) is 6.61 Å². The summed E-state index contributed by atoms with van der Waals surface area (Å²) in [5, 5.41) is 30.5. The maximum atomic E-state index is 10.7. The minimum absolute atomic E-state index is 0.284. The lowest BCUT2D eigenvalue weighted by molar-refractivity contribution is -0.139. The molecule has 9 nitrogen and oxygen atoms in total. The Kier molecular flexibility index (Phi) is 80.9. The van der Waals surface area contributed by atoms with Crippen LogP contribution in [-0.2, 0) is 23.9 Å². The summed E-state index contributed by atoms with van der Waals surface area (Å²) >= 11 is 0. The summed E-state index contributed by atoms with van der Waals surface area (Å²) in [6.45, 7) is 43.9. The van der Waals surface area contributed by atoms with E-state index < -0.39 is 11.9 Å². The second-order valence-corrected chi connectivity index (χ2v) is 6.57. The van der Waals surface area contributed by atoms with E-state index in [1.165, 1.54) is 18.6 Å². The number of carboxylic acid groups (broad SMARTS) is 2. The third-order valence-corrected chi connectivity index (χ3v) is 2.42. The van der Waals surface area contributed by atoms with Gasteiger partial charge in [0.15, 0.2) is 0 Å². The molecule has 0 atom stereocenters. The number of nitriles is 2. The molecule has 0 saturated heterocycles. The predicted octanol–water partition coefficient (Wildman–Crippen LogP) is 8.60. The maximum Gasteiger partial charge on any atom is 0.333 e. The number of carbonyl (C=O) groups excluding carboxylic acids is 1. The first-order valence-corrected chi connectivity index (χ1v) is 12.0. The van der Waals surface area contributed by atoms with Gasteiger partial charge in [-0.2, -0.15) is 10.5 Å². The summed E-state index contributed by atoms with van der Waals surface area (Å²) in [6.07, 6.45) is 12.4. The van der Waals surface area contributed by atoms with Crippen LogP contribution < -0.4 is 0 Å². The zero-order chi connectivity index (χ0) is 36.1.